The van der Waals surface area contributed by atoms with E-state index in [2.05, 4.69) is 25.7 Å². The SMILES string of the molecule is CC(C)(C)N1CCC2(CC1)COc1c2ccc2c1C(O)OC2=O. The van der Waals surface area contributed by atoms with Crippen molar-refractivity contribution < 1.29 is 19.4 Å². The van der Waals surface area contributed by atoms with Gasteiger partial charge in [0.15, 0.2) is 0 Å². The normalized spacial score (nSPS) is 25.9. The zero-order valence-corrected chi connectivity index (χ0v) is 13.9. The first kappa shape index (κ1) is 15.0. The van der Waals surface area contributed by atoms with Crippen molar-refractivity contribution in [1.82, 2.24) is 4.90 Å². The standard InChI is InChI=1S/C18H23NO4/c1-17(2,3)19-8-6-18(7-9-19)10-22-14-12(18)5-4-11-13(14)16(21)23-15(11)20/h4-5,16,21H,6-10H2,1-3H3. The Balaban J connectivity index is 1.68. The third-order valence-electron chi connectivity index (χ3n) is 5.62. The number of carbonyl (C=O) groups excluding carboxylic acids is 1. The van der Waals surface area contributed by atoms with Gasteiger partial charge in [0.2, 0.25) is 6.29 Å². The summed E-state index contributed by atoms with van der Waals surface area (Å²) >= 11 is 0. The van der Waals surface area contributed by atoms with E-state index in [4.69, 9.17) is 9.47 Å². The molecule has 1 atom stereocenters. The monoisotopic (exact) mass is 317 g/mol. The molecule has 0 aromatic heterocycles. The quantitative estimate of drug-likeness (QED) is 0.745. The van der Waals surface area contributed by atoms with Gasteiger partial charge in [-0.1, -0.05) is 6.07 Å². The zero-order chi connectivity index (χ0) is 16.4. The molecule has 1 fully saturated rings. The minimum atomic E-state index is -1.20. The van der Waals surface area contributed by atoms with Crippen molar-refractivity contribution in [1.29, 1.82) is 0 Å². The fraction of sp³-hybridized carbons (Fsp3) is 0.611. The summed E-state index contributed by atoms with van der Waals surface area (Å²) in [6.45, 7) is 9.42. The molecule has 5 nitrogen and oxygen atoms in total. The molecule has 1 N–H and O–H groups in total. The number of fused-ring (bicyclic) bond motifs is 4. The molecular weight excluding hydrogens is 294 g/mol. The first-order chi connectivity index (χ1) is 10.8. The summed E-state index contributed by atoms with van der Waals surface area (Å²) < 4.78 is 10.9. The van der Waals surface area contributed by atoms with Crippen LogP contribution < -0.4 is 4.74 Å². The lowest BCUT2D eigenvalue weighted by Gasteiger charge is -2.44. The molecular formula is C18H23NO4. The van der Waals surface area contributed by atoms with Crippen LogP contribution in [0.5, 0.6) is 5.75 Å². The van der Waals surface area contributed by atoms with Crippen LogP contribution in [0.3, 0.4) is 0 Å². The van der Waals surface area contributed by atoms with Crippen molar-refractivity contribution in [3.05, 3.63) is 28.8 Å². The molecule has 0 saturated carbocycles. The highest BCUT2D eigenvalue weighted by atomic mass is 16.6. The van der Waals surface area contributed by atoms with E-state index < -0.39 is 12.3 Å². The minimum Gasteiger partial charge on any atom is -0.492 e. The second-order valence-electron chi connectivity index (χ2n) is 7.89. The van der Waals surface area contributed by atoms with Gasteiger partial charge in [0, 0.05) is 16.5 Å². The number of ether oxygens (including phenoxy) is 2. The molecule has 5 heteroatoms. The molecule has 1 unspecified atom stereocenters. The van der Waals surface area contributed by atoms with E-state index >= 15 is 0 Å². The van der Waals surface area contributed by atoms with Crippen molar-refractivity contribution in [2.45, 2.75) is 50.9 Å². The van der Waals surface area contributed by atoms with Crippen molar-refractivity contribution >= 4 is 5.97 Å². The molecule has 124 valence electrons. The minimum absolute atomic E-state index is 0.00251. The van der Waals surface area contributed by atoms with E-state index in [1.165, 1.54) is 0 Å². The van der Waals surface area contributed by atoms with E-state index in [1.807, 2.05) is 6.07 Å². The fourth-order valence-corrected chi connectivity index (χ4v) is 4.13. The van der Waals surface area contributed by atoms with Crippen LogP contribution in [0.1, 0.15) is 61.4 Å². The molecule has 3 heterocycles. The van der Waals surface area contributed by atoms with Crippen LogP contribution in [0, 0.1) is 0 Å². The van der Waals surface area contributed by atoms with Crippen molar-refractivity contribution in [2.75, 3.05) is 19.7 Å². The lowest BCUT2D eigenvalue weighted by atomic mass is 9.73. The van der Waals surface area contributed by atoms with E-state index in [0.29, 0.717) is 23.5 Å². The van der Waals surface area contributed by atoms with Gasteiger partial charge in [0.1, 0.15) is 5.75 Å². The van der Waals surface area contributed by atoms with E-state index in [-0.39, 0.29) is 11.0 Å². The second kappa shape index (κ2) is 4.71. The molecule has 1 spiro atoms. The molecule has 0 bridgehead atoms. The number of rotatable bonds is 0. The zero-order valence-electron chi connectivity index (χ0n) is 13.9. The average Bonchev–Trinajstić information content (AvgIpc) is 2.98. The molecule has 3 aliphatic rings. The predicted octanol–water partition coefficient (Wildman–Crippen LogP) is 2.37. The molecule has 0 aliphatic carbocycles. The smallest absolute Gasteiger partial charge is 0.341 e. The van der Waals surface area contributed by atoms with Crippen LogP contribution in [-0.2, 0) is 10.2 Å². The maximum Gasteiger partial charge on any atom is 0.341 e. The van der Waals surface area contributed by atoms with Gasteiger partial charge < -0.3 is 14.6 Å². The maximum atomic E-state index is 11.8. The molecule has 3 aliphatic heterocycles. The van der Waals surface area contributed by atoms with Crippen molar-refractivity contribution in [2.24, 2.45) is 0 Å². The highest BCUT2D eigenvalue weighted by Crippen LogP contribution is 2.51. The number of aliphatic hydroxyl groups is 1. The molecule has 1 aromatic rings. The maximum absolute atomic E-state index is 11.8. The Bertz CT molecular complexity index is 668. The number of cyclic esters (lactones) is 1. The van der Waals surface area contributed by atoms with Crippen LogP contribution >= 0.6 is 0 Å². The summed E-state index contributed by atoms with van der Waals surface area (Å²) in [5, 5.41) is 10.0. The fourth-order valence-electron chi connectivity index (χ4n) is 4.13. The van der Waals surface area contributed by atoms with Crippen LogP contribution in [-0.4, -0.2) is 41.2 Å². The van der Waals surface area contributed by atoms with Gasteiger partial charge in [-0.2, -0.15) is 0 Å². The largest absolute Gasteiger partial charge is 0.492 e. The van der Waals surface area contributed by atoms with Gasteiger partial charge in [0.05, 0.1) is 17.7 Å². The van der Waals surface area contributed by atoms with Crippen LogP contribution in [0.4, 0.5) is 0 Å². The number of piperidine rings is 1. The molecule has 0 amide bonds. The van der Waals surface area contributed by atoms with Crippen LogP contribution in [0.15, 0.2) is 12.1 Å². The third kappa shape index (κ3) is 2.10. The van der Waals surface area contributed by atoms with E-state index in [9.17, 15) is 9.90 Å². The number of esters is 1. The van der Waals surface area contributed by atoms with Gasteiger partial charge in [-0.25, -0.2) is 4.79 Å². The van der Waals surface area contributed by atoms with Crippen LogP contribution in [0.2, 0.25) is 0 Å². The average molecular weight is 317 g/mol. The Kier molecular flexibility index (Phi) is 3.06. The number of hydrogen-bond donors (Lipinski definition) is 1. The van der Waals surface area contributed by atoms with Crippen molar-refractivity contribution in [3.63, 3.8) is 0 Å². The van der Waals surface area contributed by atoms with Gasteiger partial charge in [-0.15, -0.1) is 0 Å². The molecule has 1 aromatic carbocycles. The Morgan fingerprint density at radius 3 is 2.61 bits per heavy atom. The van der Waals surface area contributed by atoms with Gasteiger partial charge in [0.25, 0.3) is 0 Å². The Morgan fingerprint density at radius 2 is 1.96 bits per heavy atom. The first-order valence-electron chi connectivity index (χ1n) is 8.26. The van der Waals surface area contributed by atoms with Gasteiger partial charge in [-0.3, -0.25) is 4.90 Å². The molecule has 0 radical (unpaired) electrons. The number of benzene rings is 1. The van der Waals surface area contributed by atoms with Gasteiger partial charge in [-0.05, 0) is 52.8 Å². The highest BCUT2D eigenvalue weighted by Gasteiger charge is 2.47. The number of carbonyl (C=O) groups is 1. The molecule has 23 heavy (non-hydrogen) atoms. The summed E-state index contributed by atoms with van der Waals surface area (Å²) in [6, 6.07) is 3.77. The summed E-state index contributed by atoms with van der Waals surface area (Å²) in [6.07, 6.45) is 0.860. The predicted molar refractivity (Wildman–Crippen MR) is 84.6 cm³/mol. The van der Waals surface area contributed by atoms with Gasteiger partial charge >= 0.3 is 5.97 Å². The molecule has 1 saturated heterocycles. The summed E-state index contributed by atoms with van der Waals surface area (Å²) in [5.74, 6) is 0.201. The third-order valence-corrected chi connectivity index (χ3v) is 5.62. The Labute approximate surface area is 136 Å². The highest BCUT2D eigenvalue weighted by molar-refractivity contribution is 5.95. The number of nitrogens with zero attached hydrogens (tertiary/aromatic N) is 1. The lowest BCUT2D eigenvalue weighted by molar-refractivity contribution is -0.0556. The second-order valence-corrected chi connectivity index (χ2v) is 7.89. The first-order valence-corrected chi connectivity index (χ1v) is 8.26. The topological polar surface area (TPSA) is 59.0 Å². The summed E-state index contributed by atoms with van der Waals surface area (Å²) in [5.41, 5.74) is 2.25. The number of aliphatic hydroxyl groups excluding tert-OH is 1. The lowest BCUT2D eigenvalue weighted by Crippen LogP contribution is -2.50. The summed E-state index contributed by atoms with van der Waals surface area (Å²) in [4.78, 5) is 14.3. The van der Waals surface area contributed by atoms with Crippen molar-refractivity contribution in [3.8, 4) is 5.75 Å². The summed E-state index contributed by atoms with van der Waals surface area (Å²) in [7, 11) is 0. The molecule has 4 rings (SSSR count). The Hall–Kier alpha value is -1.59. The van der Waals surface area contributed by atoms with Crippen LogP contribution in [0.25, 0.3) is 0 Å². The Morgan fingerprint density at radius 1 is 1.26 bits per heavy atom. The number of hydrogen-bond acceptors (Lipinski definition) is 5. The van der Waals surface area contributed by atoms with E-state index in [0.717, 1.165) is 31.5 Å². The number of likely N-dealkylation sites (tertiary alicyclic amines) is 1. The van der Waals surface area contributed by atoms with E-state index in [1.54, 1.807) is 6.07 Å².